The Hall–Kier alpha value is -1.20. The Balaban J connectivity index is 1.67. The molecule has 0 spiro atoms. The van der Waals surface area contributed by atoms with Gasteiger partial charge in [0.25, 0.3) is 0 Å². The summed E-state index contributed by atoms with van der Waals surface area (Å²) in [6.45, 7) is 10.6. The lowest BCUT2D eigenvalue weighted by atomic mass is 10.1. The number of nitrogens with zero attached hydrogens (tertiary/aromatic N) is 4. The third-order valence-electron chi connectivity index (χ3n) is 4.40. The molecule has 5 nitrogen and oxygen atoms in total. The molecule has 3 heterocycles. The largest absolute Gasteiger partial charge is 0.373 e. The summed E-state index contributed by atoms with van der Waals surface area (Å²) in [4.78, 5) is 13.8. The molecule has 1 aromatic heterocycles. The van der Waals surface area contributed by atoms with Crippen molar-refractivity contribution in [2.24, 2.45) is 0 Å². The summed E-state index contributed by atoms with van der Waals surface area (Å²) in [7, 11) is 0. The second kappa shape index (κ2) is 6.28. The zero-order valence-corrected chi connectivity index (χ0v) is 13.3. The summed E-state index contributed by atoms with van der Waals surface area (Å²) in [5.41, 5.74) is 0. The van der Waals surface area contributed by atoms with Gasteiger partial charge in [0, 0.05) is 38.4 Å². The van der Waals surface area contributed by atoms with Crippen LogP contribution in [0.5, 0.6) is 0 Å². The van der Waals surface area contributed by atoms with E-state index >= 15 is 0 Å². The molecule has 0 aliphatic carbocycles. The molecule has 2 saturated heterocycles. The summed E-state index contributed by atoms with van der Waals surface area (Å²) in [6.07, 6.45) is 5.05. The van der Waals surface area contributed by atoms with Gasteiger partial charge < -0.3 is 9.64 Å². The second-order valence-corrected chi connectivity index (χ2v) is 6.43. The van der Waals surface area contributed by atoms with Crippen LogP contribution in [0.25, 0.3) is 0 Å². The van der Waals surface area contributed by atoms with Gasteiger partial charge in [0.15, 0.2) is 0 Å². The van der Waals surface area contributed by atoms with Crippen LogP contribution in [0.1, 0.15) is 32.5 Å². The Kier molecular flexibility index (Phi) is 4.40. The third kappa shape index (κ3) is 3.52. The van der Waals surface area contributed by atoms with Crippen LogP contribution >= 0.6 is 0 Å². The van der Waals surface area contributed by atoms with Gasteiger partial charge in [-0.25, -0.2) is 9.97 Å². The maximum atomic E-state index is 5.83. The highest BCUT2D eigenvalue weighted by Crippen LogP contribution is 2.25. The first-order valence-corrected chi connectivity index (χ1v) is 8.06. The SMILES string of the molecule is Cc1nccc(N2CCC[C@@H]2CN2C[C@H](C)O[C@@H](C)C2)n1. The molecule has 1 aromatic rings. The first-order valence-electron chi connectivity index (χ1n) is 8.06. The molecule has 2 fully saturated rings. The van der Waals surface area contributed by atoms with E-state index in [0.29, 0.717) is 18.2 Å². The van der Waals surface area contributed by atoms with Crippen molar-refractivity contribution < 1.29 is 4.74 Å². The Morgan fingerprint density at radius 3 is 2.76 bits per heavy atom. The molecule has 0 radical (unpaired) electrons. The van der Waals surface area contributed by atoms with Gasteiger partial charge in [0.1, 0.15) is 11.6 Å². The molecule has 0 amide bonds. The van der Waals surface area contributed by atoms with Crippen molar-refractivity contribution in [1.82, 2.24) is 14.9 Å². The molecule has 116 valence electrons. The van der Waals surface area contributed by atoms with Gasteiger partial charge in [-0.1, -0.05) is 0 Å². The molecule has 0 bridgehead atoms. The summed E-state index contributed by atoms with van der Waals surface area (Å²) < 4.78 is 5.83. The molecule has 21 heavy (non-hydrogen) atoms. The fourth-order valence-corrected chi connectivity index (χ4v) is 3.66. The third-order valence-corrected chi connectivity index (χ3v) is 4.40. The average Bonchev–Trinajstić information content (AvgIpc) is 2.85. The molecule has 3 atom stereocenters. The average molecular weight is 290 g/mol. The monoisotopic (exact) mass is 290 g/mol. The Morgan fingerprint density at radius 2 is 2.05 bits per heavy atom. The smallest absolute Gasteiger partial charge is 0.132 e. The summed E-state index contributed by atoms with van der Waals surface area (Å²) in [5.74, 6) is 1.94. The maximum Gasteiger partial charge on any atom is 0.132 e. The van der Waals surface area contributed by atoms with Crippen molar-refractivity contribution in [2.45, 2.75) is 51.9 Å². The molecule has 2 aliphatic heterocycles. The standard InChI is InChI=1S/C16H26N4O/c1-12-9-19(10-13(2)21-12)11-15-5-4-8-20(15)16-6-7-17-14(3)18-16/h6-7,12-13,15H,4-5,8-11H2,1-3H3/t12-,13-,15+/m0/s1. The van der Waals surface area contributed by atoms with E-state index < -0.39 is 0 Å². The van der Waals surface area contributed by atoms with E-state index in [4.69, 9.17) is 4.74 Å². The predicted molar refractivity (Wildman–Crippen MR) is 83.6 cm³/mol. The Labute approximate surface area is 127 Å². The van der Waals surface area contributed by atoms with Gasteiger partial charge >= 0.3 is 0 Å². The first-order chi connectivity index (χ1) is 10.1. The van der Waals surface area contributed by atoms with Crippen LogP contribution in [-0.2, 0) is 4.74 Å². The molecular formula is C16H26N4O. The number of morpholine rings is 1. The zero-order valence-electron chi connectivity index (χ0n) is 13.3. The van der Waals surface area contributed by atoms with Crippen molar-refractivity contribution >= 4 is 5.82 Å². The fraction of sp³-hybridized carbons (Fsp3) is 0.750. The van der Waals surface area contributed by atoms with Crippen molar-refractivity contribution in [3.05, 3.63) is 18.1 Å². The van der Waals surface area contributed by atoms with E-state index in [-0.39, 0.29) is 0 Å². The minimum absolute atomic E-state index is 0.338. The van der Waals surface area contributed by atoms with Crippen LogP contribution in [0.15, 0.2) is 12.3 Å². The highest BCUT2D eigenvalue weighted by atomic mass is 16.5. The van der Waals surface area contributed by atoms with Crippen LogP contribution < -0.4 is 4.90 Å². The minimum Gasteiger partial charge on any atom is -0.373 e. The minimum atomic E-state index is 0.338. The van der Waals surface area contributed by atoms with Crippen LogP contribution in [0.3, 0.4) is 0 Å². The number of rotatable bonds is 3. The Bertz CT molecular complexity index is 471. The van der Waals surface area contributed by atoms with Crippen molar-refractivity contribution in [1.29, 1.82) is 0 Å². The fourth-order valence-electron chi connectivity index (χ4n) is 3.66. The van der Waals surface area contributed by atoms with E-state index in [1.165, 1.54) is 12.8 Å². The van der Waals surface area contributed by atoms with Crippen molar-refractivity contribution in [3.63, 3.8) is 0 Å². The van der Waals surface area contributed by atoms with Gasteiger partial charge in [-0.15, -0.1) is 0 Å². The molecular weight excluding hydrogens is 264 g/mol. The molecule has 0 saturated carbocycles. The van der Waals surface area contributed by atoms with Crippen molar-refractivity contribution in [3.8, 4) is 0 Å². The first kappa shape index (κ1) is 14.7. The zero-order chi connectivity index (χ0) is 14.8. The highest BCUT2D eigenvalue weighted by molar-refractivity contribution is 5.40. The summed E-state index contributed by atoms with van der Waals surface area (Å²) in [5, 5.41) is 0. The number of hydrogen-bond acceptors (Lipinski definition) is 5. The lowest BCUT2D eigenvalue weighted by Gasteiger charge is -2.38. The lowest BCUT2D eigenvalue weighted by Crippen LogP contribution is -2.50. The van der Waals surface area contributed by atoms with Gasteiger partial charge in [-0.05, 0) is 39.7 Å². The van der Waals surface area contributed by atoms with Crippen LogP contribution in [0.2, 0.25) is 0 Å². The topological polar surface area (TPSA) is 41.5 Å². The molecule has 0 N–H and O–H groups in total. The summed E-state index contributed by atoms with van der Waals surface area (Å²) >= 11 is 0. The lowest BCUT2D eigenvalue weighted by molar-refractivity contribution is -0.0689. The van der Waals surface area contributed by atoms with Crippen molar-refractivity contribution in [2.75, 3.05) is 31.1 Å². The second-order valence-electron chi connectivity index (χ2n) is 6.43. The van der Waals surface area contributed by atoms with Crippen LogP contribution in [0.4, 0.5) is 5.82 Å². The van der Waals surface area contributed by atoms with E-state index in [0.717, 1.165) is 37.8 Å². The maximum absolute atomic E-state index is 5.83. The van der Waals surface area contributed by atoms with Crippen LogP contribution in [0, 0.1) is 6.92 Å². The van der Waals surface area contributed by atoms with Gasteiger partial charge in [-0.2, -0.15) is 0 Å². The predicted octanol–water partition coefficient (Wildman–Crippen LogP) is 1.86. The highest BCUT2D eigenvalue weighted by Gasteiger charge is 2.30. The van der Waals surface area contributed by atoms with E-state index in [1.807, 2.05) is 19.2 Å². The molecule has 2 aliphatic rings. The summed E-state index contributed by atoms with van der Waals surface area (Å²) in [6, 6.07) is 2.60. The van der Waals surface area contributed by atoms with Gasteiger partial charge in [0.05, 0.1) is 12.2 Å². The number of hydrogen-bond donors (Lipinski definition) is 0. The number of aryl methyl sites for hydroxylation is 1. The van der Waals surface area contributed by atoms with Crippen LogP contribution in [-0.4, -0.2) is 59.3 Å². The normalized spacial score (nSPS) is 30.8. The molecule has 3 rings (SSSR count). The number of ether oxygens (including phenoxy) is 1. The van der Waals surface area contributed by atoms with Gasteiger partial charge in [-0.3, -0.25) is 4.90 Å². The van der Waals surface area contributed by atoms with E-state index in [2.05, 4.69) is 33.6 Å². The molecule has 5 heteroatoms. The number of aromatic nitrogens is 2. The molecule has 0 aromatic carbocycles. The molecule has 0 unspecified atom stereocenters. The van der Waals surface area contributed by atoms with E-state index in [1.54, 1.807) is 0 Å². The van der Waals surface area contributed by atoms with E-state index in [9.17, 15) is 0 Å². The Morgan fingerprint density at radius 1 is 1.29 bits per heavy atom. The number of anilines is 1. The van der Waals surface area contributed by atoms with Gasteiger partial charge in [0.2, 0.25) is 0 Å². The quantitative estimate of drug-likeness (QED) is 0.850.